The zero-order valence-electron chi connectivity index (χ0n) is 13.2. The zero-order valence-corrected chi connectivity index (χ0v) is 13.2. The van der Waals surface area contributed by atoms with E-state index in [0.717, 1.165) is 38.9 Å². The van der Waals surface area contributed by atoms with Crippen molar-refractivity contribution < 1.29 is 19.1 Å². The lowest BCUT2D eigenvalue weighted by Crippen LogP contribution is -2.60. The molecule has 0 aromatic carbocycles. The van der Waals surface area contributed by atoms with Crippen LogP contribution in [0.15, 0.2) is 0 Å². The van der Waals surface area contributed by atoms with E-state index in [4.69, 9.17) is 0 Å². The van der Waals surface area contributed by atoms with Crippen molar-refractivity contribution >= 4 is 12.0 Å². The maximum Gasteiger partial charge on any atom is 0.407 e. The fraction of sp³-hybridized carbons (Fsp3) is 0.875. The Morgan fingerprint density at radius 1 is 1.26 bits per heavy atom. The van der Waals surface area contributed by atoms with Crippen LogP contribution in [0.5, 0.6) is 0 Å². The second-order valence-corrected chi connectivity index (χ2v) is 7.73. The molecule has 2 amide bonds. The predicted octanol–water partition coefficient (Wildman–Crippen LogP) is 1.21. The van der Waals surface area contributed by atoms with Crippen LogP contribution in [-0.2, 0) is 4.79 Å². The number of halogens is 1. The van der Waals surface area contributed by atoms with Crippen LogP contribution in [-0.4, -0.2) is 70.8 Å². The Balaban J connectivity index is 1.42. The smallest absolute Gasteiger partial charge is 0.407 e. The van der Waals surface area contributed by atoms with Crippen LogP contribution in [0, 0.1) is 5.41 Å². The van der Waals surface area contributed by atoms with Gasteiger partial charge in [0.25, 0.3) is 0 Å². The number of rotatable bonds is 1. The van der Waals surface area contributed by atoms with E-state index in [-0.39, 0.29) is 23.4 Å². The summed E-state index contributed by atoms with van der Waals surface area (Å²) < 4.78 is 15.0. The number of likely N-dealkylation sites (tertiary alicyclic amines) is 1. The zero-order chi connectivity index (χ0) is 16.2. The maximum absolute atomic E-state index is 15.0. The van der Waals surface area contributed by atoms with E-state index in [2.05, 4.69) is 10.2 Å². The molecule has 4 unspecified atom stereocenters. The van der Waals surface area contributed by atoms with Crippen molar-refractivity contribution in [1.29, 1.82) is 0 Å². The van der Waals surface area contributed by atoms with Gasteiger partial charge < -0.3 is 10.4 Å². The Morgan fingerprint density at radius 2 is 2.00 bits per heavy atom. The molecule has 0 aromatic rings. The quantitative estimate of drug-likeness (QED) is 0.760. The summed E-state index contributed by atoms with van der Waals surface area (Å²) >= 11 is 0. The van der Waals surface area contributed by atoms with Crippen LogP contribution >= 0.6 is 0 Å². The van der Waals surface area contributed by atoms with Crippen molar-refractivity contribution in [2.45, 2.75) is 62.8 Å². The van der Waals surface area contributed by atoms with E-state index in [1.807, 2.05) is 0 Å². The van der Waals surface area contributed by atoms with Gasteiger partial charge in [-0.15, -0.1) is 0 Å². The van der Waals surface area contributed by atoms with Gasteiger partial charge in [-0.1, -0.05) is 0 Å². The summed E-state index contributed by atoms with van der Waals surface area (Å²) in [6.07, 6.45) is 2.40. The van der Waals surface area contributed by atoms with Gasteiger partial charge in [-0.3, -0.25) is 14.6 Å². The molecule has 2 bridgehead atoms. The van der Waals surface area contributed by atoms with Crippen molar-refractivity contribution in [2.24, 2.45) is 5.41 Å². The van der Waals surface area contributed by atoms with Crippen molar-refractivity contribution in [3.63, 3.8) is 0 Å². The summed E-state index contributed by atoms with van der Waals surface area (Å²) in [5.41, 5.74) is 0.0696. The van der Waals surface area contributed by atoms with Gasteiger partial charge in [-0.05, 0) is 50.6 Å². The Bertz CT molecular complexity index is 521. The topological polar surface area (TPSA) is 72.9 Å². The minimum absolute atomic E-state index is 0.0277. The molecule has 1 spiro atoms. The van der Waals surface area contributed by atoms with Gasteiger partial charge in [-0.25, -0.2) is 9.18 Å². The molecule has 128 valence electrons. The first-order valence-electron chi connectivity index (χ1n) is 8.65. The van der Waals surface area contributed by atoms with Gasteiger partial charge in [0.15, 0.2) is 0 Å². The Hall–Kier alpha value is -1.37. The third-order valence-corrected chi connectivity index (χ3v) is 6.54. The lowest BCUT2D eigenvalue weighted by atomic mass is 9.77. The minimum atomic E-state index is -1.10. The van der Waals surface area contributed by atoms with E-state index in [1.165, 1.54) is 4.90 Å². The number of alkyl halides is 1. The first kappa shape index (κ1) is 15.2. The molecule has 6 nitrogen and oxygen atoms in total. The Labute approximate surface area is 135 Å². The van der Waals surface area contributed by atoms with E-state index in [9.17, 15) is 19.1 Å². The molecule has 4 aliphatic rings. The maximum atomic E-state index is 15.0. The SMILES string of the molecule is O=C1CC2(CCN(C3CC4CCC(C3F)N4C(=O)O)CC2)CN1. The van der Waals surface area contributed by atoms with Gasteiger partial charge in [0.2, 0.25) is 5.91 Å². The third-order valence-electron chi connectivity index (χ3n) is 6.54. The highest BCUT2D eigenvalue weighted by Gasteiger charge is 2.52. The molecular weight excluding hydrogens is 301 g/mol. The fourth-order valence-electron chi connectivity index (χ4n) is 5.21. The monoisotopic (exact) mass is 325 g/mol. The highest BCUT2D eigenvalue weighted by molar-refractivity contribution is 5.79. The van der Waals surface area contributed by atoms with Gasteiger partial charge >= 0.3 is 6.09 Å². The molecule has 0 saturated carbocycles. The molecule has 0 aromatic heterocycles. The number of hydrogen-bond donors (Lipinski definition) is 2. The highest BCUT2D eigenvalue weighted by atomic mass is 19.1. The first-order chi connectivity index (χ1) is 11.0. The summed E-state index contributed by atoms with van der Waals surface area (Å²) in [5.74, 6) is 0.134. The second-order valence-electron chi connectivity index (χ2n) is 7.73. The van der Waals surface area contributed by atoms with Gasteiger partial charge in [0.05, 0.1) is 6.04 Å². The number of amides is 2. The molecule has 4 rings (SSSR count). The fourth-order valence-corrected chi connectivity index (χ4v) is 5.21. The first-order valence-corrected chi connectivity index (χ1v) is 8.65. The van der Waals surface area contributed by atoms with Crippen LogP contribution in [0.4, 0.5) is 9.18 Å². The summed E-state index contributed by atoms with van der Waals surface area (Å²) in [4.78, 5) is 26.4. The van der Waals surface area contributed by atoms with E-state index in [0.29, 0.717) is 19.3 Å². The van der Waals surface area contributed by atoms with Crippen molar-refractivity contribution in [1.82, 2.24) is 15.1 Å². The van der Waals surface area contributed by atoms with Crippen LogP contribution in [0.3, 0.4) is 0 Å². The third kappa shape index (κ3) is 2.40. The largest absolute Gasteiger partial charge is 0.465 e. The molecule has 4 heterocycles. The van der Waals surface area contributed by atoms with E-state index >= 15 is 0 Å². The van der Waals surface area contributed by atoms with Crippen molar-refractivity contribution in [2.75, 3.05) is 19.6 Å². The normalized spacial score (nSPS) is 39.7. The van der Waals surface area contributed by atoms with Gasteiger partial charge in [-0.2, -0.15) is 0 Å². The molecular formula is C16H24FN3O3. The molecule has 4 aliphatic heterocycles. The number of carboxylic acid groups (broad SMARTS) is 1. The number of nitrogens with one attached hydrogen (secondary N) is 1. The number of carbonyl (C=O) groups excluding carboxylic acids is 1. The minimum Gasteiger partial charge on any atom is -0.465 e. The summed E-state index contributed by atoms with van der Waals surface area (Å²) in [7, 11) is 0. The Morgan fingerprint density at radius 3 is 2.61 bits per heavy atom. The molecule has 4 atom stereocenters. The number of nitrogens with zero attached hydrogens (tertiary/aromatic N) is 2. The number of fused-ring (bicyclic) bond motifs is 2. The van der Waals surface area contributed by atoms with Crippen molar-refractivity contribution in [3.05, 3.63) is 0 Å². The number of hydrogen-bond acceptors (Lipinski definition) is 3. The molecule has 2 N–H and O–H groups in total. The standard InChI is InChI=1S/C16H24FN3O3/c17-14-11-2-1-10(20(11)15(22)23)7-12(14)19-5-3-16(4-6-19)8-13(21)18-9-16/h10-12,14H,1-9H2,(H,18,21)(H,22,23). The predicted molar refractivity (Wildman–Crippen MR) is 80.8 cm³/mol. The lowest BCUT2D eigenvalue weighted by molar-refractivity contribution is -0.120. The summed E-state index contributed by atoms with van der Waals surface area (Å²) in [5, 5.41) is 12.2. The number of carbonyl (C=O) groups is 2. The van der Waals surface area contributed by atoms with Gasteiger partial charge in [0.1, 0.15) is 6.17 Å². The lowest BCUT2D eigenvalue weighted by Gasteiger charge is -2.47. The van der Waals surface area contributed by atoms with Crippen LogP contribution < -0.4 is 5.32 Å². The summed E-state index contributed by atoms with van der Waals surface area (Å²) in [6.45, 7) is 2.38. The molecule has 7 heteroatoms. The average molecular weight is 325 g/mol. The summed E-state index contributed by atoms with van der Waals surface area (Å²) in [6, 6.07) is -0.660. The van der Waals surface area contributed by atoms with Crippen LogP contribution in [0.25, 0.3) is 0 Å². The van der Waals surface area contributed by atoms with Crippen molar-refractivity contribution in [3.8, 4) is 0 Å². The van der Waals surface area contributed by atoms with Crippen LogP contribution in [0.1, 0.15) is 38.5 Å². The second kappa shape index (κ2) is 5.33. The van der Waals surface area contributed by atoms with E-state index < -0.39 is 18.3 Å². The highest BCUT2D eigenvalue weighted by Crippen LogP contribution is 2.43. The molecule has 0 radical (unpaired) electrons. The molecule has 4 saturated heterocycles. The van der Waals surface area contributed by atoms with E-state index in [1.54, 1.807) is 0 Å². The number of piperidine rings is 2. The Kier molecular flexibility index (Phi) is 3.51. The average Bonchev–Trinajstić information content (AvgIpc) is 3.05. The van der Waals surface area contributed by atoms with Gasteiger partial charge in [0, 0.05) is 25.0 Å². The molecule has 0 aliphatic carbocycles. The molecule has 23 heavy (non-hydrogen) atoms. The molecule has 4 fully saturated rings. The van der Waals surface area contributed by atoms with Crippen LogP contribution in [0.2, 0.25) is 0 Å².